The van der Waals surface area contributed by atoms with Crippen molar-refractivity contribution in [3.05, 3.63) is 53.6 Å². The molecule has 0 saturated carbocycles. The molecule has 1 N–H and O–H groups in total. The molecule has 6 heteroatoms. The van der Waals surface area contributed by atoms with E-state index < -0.39 is 0 Å². The van der Waals surface area contributed by atoms with Gasteiger partial charge in [0.2, 0.25) is 11.7 Å². The fourth-order valence-corrected chi connectivity index (χ4v) is 2.79. The van der Waals surface area contributed by atoms with Gasteiger partial charge in [0.25, 0.3) is 0 Å². The van der Waals surface area contributed by atoms with Gasteiger partial charge in [0.1, 0.15) is 5.75 Å². The van der Waals surface area contributed by atoms with Gasteiger partial charge in [0.15, 0.2) is 11.5 Å². The van der Waals surface area contributed by atoms with Gasteiger partial charge in [0, 0.05) is 11.6 Å². The molecule has 0 heterocycles. The Morgan fingerprint density at radius 3 is 2.25 bits per heavy atom. The van der Waals surface area contributed by atoms with E-state index in [4.69, 9.17) is 18.9 Å². The molecule has 0 radical (unpaired) electrons. The SMILES string of the molecule is CCOc1ccc([C@H](C)NC(=O)/C=C/c2ccc(OC)c(OC)c2OC)cc1. The Labute approximate surface area is 166 Å². The predicted octanol–water partition coefficient (Wildman–Crippen LogP) is 4.00. The maximum Gasteiger partial charge on any atom is 0.244 e. The fraction of sp³-hybridized carbons (Fsp3) is 0.318. The Hall–Kier alpha value is -3.15. The highest BCUT2D eigenvalue weighted by Crippen LogP contribution is 2.40. The monoisotopic (exact) mass is 385 g/mol. The number of nitrogens with one attached hydrogen (secondary N) is 1. The first-order valence-electron chi connectivity index (χ1n) is 9.04. The van der Waals surface area contributed by atoms with Crippen LogP contribution in [0.1, 0.15) is 31.0 Å². The number of hydrogen-bond donors (Lipinski definition) is 1. The minimum Gasteiger partial charge on any atom is -0.494 e. The molecule has 0 fully saturated rings. The molecule has 2 aromatic rings. The summed E-state index contributed by atoms with van der Waals surface area (Å²) in [4.78, 5) is 12.3. The summed E-state index contributed by atoms with van der Waals surface area (Å²) in [5.74, 6) is 2.15. The van der Waals surface area contributed by atoms with E-state index in [9.17, 15) is 4.79 Å². The van der Waals surface area contributed by atoms with E-state index in [0.29, 0.717) is 29.4 Å². The Balaban J connectivity index is 2.09. The molecule has 1 amide bonds. The molecule has 0 spiro atoms. The maximum absolute atomic E-state index is 12.3. The van der Waals surface area contributed by atoms with Crippen LogP contribution in [0, 0.1) is 0 Å². The van der Waals surface area contributed by atoms with Crippen molar-refractivity contribution in [1.29, 1.82) is 0 Å². The number of benzene rings is 2. The topological polar surface area (TPSA) is 66.0 Å². The van der Waals surface area contributed by atoms with Crippen LogP contribution in [0.4, 0.5) is 0 Å². The number of rotatable bonds is 9. The number of carbonyl (C=O) groups is 1. The third kappa shape index (κ3) is 5.19. The van der Waals surface area contributed by atoms with Gasteiger partial charge in [-0.15, -0.1) is 0 Å². The predicted molar refractivity (Wildman–Crippen MR) is 109 cm³/mol. The van der Waals surface area contributed by atoms with Crippen LogP contribution in [-0.2, 0) is 4.79 Å². The number of carbonyl (C=O) groups excluding carboxylic acids is 1. The third-order valence-electron chi connectivity index (χ3n) is 4.20. The first-order valence-corrected chi connectivity index (χ1v) is 9.04. The van der Waals surface area contributed by atoms with E-state index in [1.165, 1.54) is 6.08 Å². The largest absolute Gasteiger partial charge is 0.494 e. The van der Waals surface area contributed by atoms with Crippen molar-refractivity contribution in [2.24, 2.45) is 0 Å². The minimum atomic E-state index is -0.210. The van der Waals surface area contributed by atoms with E-state index in [0.717, 1.165) is 11.3 Å². The lowest BCUT2D eigenvalue weighted by Crippen LogP contribution is -2.24. The highest BCUT2D eigenvalue weighted by Gasteiger charge is 2.14. The zero-order valence-corrected chi connectivity index (χ0v) is 16.9. The average Bonchev–Trinajstić information content (AvgIpc) is 2.71. The van der Waals surface area contributed by atoms with E-state index in [1.807, 2.05) is 38.1 Å². The summed E-state index contributed by atoms with van der Waals surface area (Å²) in [5.41, 5.74) is 1.71. The molecule has 6 nitrogen and oxygen atoms in total. The molecule has 150 valence electrons. The van der Waals surface area contributed by atoms with Gasteiger partial charge in [-0.05, 0) is 49.8 Å². The van der Waals surface area contributed by atoms with Crippen molar-refractivity contribution in [1.82, 2.24) is 5.32 Å². The Bertz CT molecular complexity index is 814. The summed E-state index contributed by atoms with van der Waals surface area (Å²) < 4.78 is 21.5. The Morgan fingerprint density at radius 2 is 1.68 bits per heavy atom. The summed E-state index contributed by atoms with van der Waals surface area (Å²) >= 11 is 0. The second-order valence-electron chi connectivity index (χ2n) is 5.99. The van der Waals surface area contributed by atoms with Crippen LogP contribution in [-0.4, -0.2) is 33.8 Å². The van der Waals surface area contributed by atoms with Crippen molar-refractivity contribution in [2.45, 2.75) is 19.9 Å². The van der Waals surface area contributed by atoms with Gasteiger partial charge >= 0.3 is 0 Å². The molecule has 0 aliphatic heterocycles. The molecule has 0 aliphatic rings. The van der Waals surface area contributed by atoms with Crippen LogP contribution in [0.3, 0.4) is 0 Å². The highest BCUT2D eigenvalue weighted by atomic mass is 16.5. The molecular formula is C22H27NO5. The lowest BCUT2D eigenvalue weighted by Gasteiger charge is -2.15. The summed E-state index contributed by atoms with van der Waals surface area (Å²) in [6.07, 6.45) is 3.15. The van der Waals surface area contributed by atoms with Gasteiger partial charge in [0.05, 0.1) is 34.0 Å². The van der Waals surface area contributed by atoms with Crippen LogP contribution in [0.2, 0.25) is 0 Å². The summed E-state index contributed by atoms with van der Waals surface area (Å²) in [6, 6.07) is 11.1. The van der Waals surface area contributed by atoms with Crippen molar-refractivity contribution < 1.29 is 23.7 Å². The summed E-state index contributed by atoms with van der Waals surface area (Å²) in [7, 11) is 4.64. The first-order chi connectivity index (χ1) is 13.5. The molecule has 0 unspecified atom stereocenters. The van der Waals surface area contributed by atoms with Crippen LogP contribution in [0.25, 0.3) is 6.08 Å². The summed E-state index contributed by atoms with van der Waals surface area (Å²) in [6.45, 7) is 4.49. The average molecular weight is 385 g/mol. The van der Waals surface area contributed by atoms with Gasteiger partial charge < -0.3 is 24.3 Å². The third-order valence-corrected chi connectivity index (χ3v) is 4.20. The van der Waals surface area contributed by atoms with Crippen molar-refractivity contribution in [3.63, 3.8) is 0 Å². The molecule has 0 aromatic heterocycles. The van der Waals surface area contributed by atoms with Crippen molar-refractivity contribution in [2.75, 3.05) is 27.9 Å². The normalized spacial score (nSPS) is 11.8. The Morgan fingerprint density at radius 1 is 1.00 bits per heavy atom. The van der Waals surface area contributed by atoms with E-state index >= 15 is 0 Å². The molecular weight excluding hydrogens is 358 g/mol. The lowest BCUT2D eigenvalue weighted by atomic mass is 10.1. The Kier molecular flexibility index (Phi) is 7.75. The van der Waals surface area contributed by atoms with Crippen LogP contribution in [0.15, 0.2) is 42.5 Å². The quantitative estimate of drug-likeness (QED) is 0.661. The molecule has 0 saturated heterocycles. The highest BCUT2D eigenvalue weighted by molar-refractivity contribution is 5.92. The molecule has 28 heavy (non-hydrogen) atoms. The fourth-order valence-electron chi connectivity index (χ4n) is 2.79. The van der Waals surface area contributed by atoms with Gasteiger partial charge in [-0.3, -0.25) is 4.79 Å². The smallest absolute Gasteiger partial charge is 0.244 e. The number of amides is 1. The number of ether oxygens (including phenoxy) is 4. The lowest BCUT2D eigenvalue weighted by molar-refractivity contribution is -0.117. The molecule has 0 bridgehead atoms. The number of hydrogen-bond acceptors (Lipinski definition) is 5. The van der Waals surface area contributed by atoms with Crippen LogP contribution in [0.5, 0.6) is 23.0 Å². The summed E-state index contributed by atoms with van der Waals surface area (Å²) in [5, 5.41) is 2.94. The van der Waals surface area contributed by atoms with E-state index in [1.54, 1.807) is 39.5 Å². The zero-order valence-electron chi connectivity index (χ0n) is 16.9. The van der Waals surface area contributed by atoms with Crippen molar-refractivity contribution in [3.8, 4) is 23.0 Å². The first kappa shape index (κ1) is 21.2. The van der Waals surface area contributed by atoms with Crippen LogP contribution < -0.4 is 24.3 Å². The van der Waals surface area contributed by atoms with Crippen molar-refractivity contribution >= 4 is 12.0 Å². The molecule has 0 aliphatic carbocycles. The number of methoxy groups -OCH3 is 3. The second-order valence-corrected chi connectivity index (χ2v) is 5.99. The van der Waals surface area contributed by atoms with Gasteiger partial charge in [-0.2, -0.15) is 0 Å². The van der Waals surface area contributed by atoms with E-state index in [2.05, 4.69) is 5.32 Å². The van der Waals surface area contributed by atoms with Gasteiger partial charge in [-0.1, -0.05) is 12.1 Å². The minimum absolute atomic E-state index is 0.139. The molecule has 2 aromatic carbocycles. The molecule has 2 rings (SSSR count). The second kappa shape index (κ2) is 10.3. The standard InChI is InChI=1S/C22H27NO5/c1-6-28-18-11-7-16(8-12-18)15(2)23-20(24)14-10-17-9-13-19(25-3)22(27-5)21(17)26-4/h7-15H,6H2,1-5H3,(H,23,24)/b14-10+/t15-/m0/s1. The van der Waals surface area contributed by atoms with Crippen LogP contribution >= 0.6 is 0 Å². The maximum atomic E-state index is 12.3. The van der Waals surface area contributed by atoms with Gasteiger partial charge in [-0.25, -0.2) is 0 Å². The molecule has 1 atom stereocenters. The zero-order chi connectivity index (χ0) is 20.5. The van der Waals surface area contributed by atoms with E-state index in [-0.39, 0.29) is 11.9 Å².